The van der Waals surface area contributed by atoms with E-state index >= 15 is 0 Å². The van der Waals surface area contributed by atoms with Crippen LogP contribution in [0.2, 0.25) is 0 Å². The van der Waals surface area contributed by atoms with Crippen molar-refractivity contribution in [3.8, 4) is 0 Å². The Bertz CT molecular complexity index is 567. The number of carbonyl (C=O) groups is 1. The summed E-state index contributed by atoms with van der Waals surface area (Å²) >= 11 is 0. The highest BCUT2D eigenvalue weighted by Crippen LogP contribution is 2.42. The van der Waals surface area contributed by atoms with Crippen LogP contribution in [0.4, 0.5) is 0 Å². The molecule has 3 nitrogen and oxygen atoms in total. The number of esters is 1. The molecule has 1 heterocycles. The van der Waals surface area contributed by atoms with Gasteiger partial charge in [-0.25, -0.2) is 0 Å². The van der Waals surface area contributed by atoms with Gasteiger partial charge in [0.1, 0.15) is 11.7 Å². The van der Waals surface area contributed by atoms with Gasteiger partial charge in [0.15, 0.2) is 0 Å². The Morgan fingerprint density at radius 3 is 2.05 bits per heavy atom. The minimum atomic E-state index is -0.539. The van der Waals surface area contributed by atoms with Crippen LogP contribution in [-0.2, 0) is 19.9 Å². The number of benzene rings is 2. The van der Waals surface area contributed by atoms with Crippen molar-refractivity contribution in [3.63, 3.8) is 0 Å². The Kier molecular flexibility index (Phi) is 3.76. The molecule has 0 aromatic heterocycles. The van der Waals surface area contributed by atoms with Crippen LogP contribution in [0.25, 0.3) is 0 Å². The van der Waals surface area contributed by atoms with Crippen molar-refractivity contribution in [2.24, 2.45) is 0 Å². The van der Waals surface area contributed by atoms with Crippen LogP contribution < -0.4 is 0 Å². The van der Waals surface area contributed by atoms with Gasteiger partial charge in [0.2, 0.25) is 0 Å². The van der Waals surface area contributed by atoms with Crippen LogP contribution in [-0.4, -0.2) is 18.7 Å². The monoisotopic (exact) mass is 282 g/mol. The number of ether oxygens (including phenoxy) is 2. The van der Waals surface area contributed by atoms with Crippen molar-refractivity contribution < 1.29 is 14.3 Å². The molecule has 1 atom stereocenters. The van der Waals surface area contributed by atoms with Gasteiger partial charge in [-0.3, -0.25) is 4.79 Å². The lowest BCUT2D eigenvalue weighted by atomic mass is 9.83. The van der Waals surface area contributed by atoms with E-state index in [4.69, 9.17) is 9.47 Å². The molecule has 0 N–H and O–H groups in total. The van der Waals surface area contributed by atoms with Crippen molar-refractivity contribution in [2.45, 2.75) is 25.0 Å². The van der Waals surface area contributed by atoms with Crippen LogP contribution in [0.1, 0.15) is 24.5 Å². The summed E-state index contributed by atoms with van der Waals surface area (Å²) in [6.45, 7) is 1.86. The molecule has 2 aromatic carbocycles. The molecular formula is C18H18O3. The molecule has 1 unspecified atom stereocenters. The van der Waals surface area contributed by atoms with Crippen LogP contribution in [0, 0.1) is 0 Å². The zero-order chi connectivity index (χ0) is 14.7. The van der Waals surface area contributed by atoms with Crippen molar-refractivity contribution >= 4 is 5.97 Å². The van der Waals surface area contributed by atoms with Gasteiger partial charge in [-0.2, -0.15) is 0 Å². The zero-order valence-electron chi connectivity index (χ0n) is 12.0. The Balaban J connectivity index is 2.00. The average molecular weight is 282 g/mol. The molecule has 1 aliphatic heterocycles. The molecule has 0 aliphatic carbocycles. The van der Waals surface area contributed by atoms with Gasteiger partial charge < -0.3 is 9.47 Å². The van der Waals surface area contributed by atoms with Gasteiger partial charge >= 0.3 is 5.97 Å². The number of carbonyl (C=O) groups excluding carboxylic acids is 1. The first-order valence-electron chi connectivity index (χ1n) is 7.13. The van der Waals surface area contributed by atoms with Gasteiger partial charge in [0.25, 0.3) is 0 Å². The highest BCUT2D eigenvalue weighted by atomic mass is 16.6. The first kappa shape index (κ1) is 13.8. The fourth-order valence-electron chi connectivity index (χ4n) is 2.97. The van der Waals surface area contributed by atoms with Gasteiger partial charge in [-0.15, -0.1) is 0 Å². The molecule has 1 aliphatic rings. The summed E-state index contributed by atoms with van der Waals surface area (Å²) in [7, 11) is 0. The maximum Gasteiger partial charge on any atom is 0.302 e. The Hall–Kier alpha value is -2.13. The molecular weight excluding hydrogens is 264 g/mol. The lowest BCUT2D eigenvalue weighted by Crippen LogP contribution is -2.27. The molecule has 2 aromatic rings. The third-order valence-corrected chi connectivity index (χ3v) is 3.84. The SMILES string of the molecule is CC(=O)OC1COC(c2ccccc2)(c2ccccc2)C1. The normalized spacial score (nSPS) is 20.1. The second kappa shape index (κ2) is 5.70. The highest BCUT2D eigenvalue weighted by Gasteiger charge is 2.44. The minimum Gasteiger partial charge on any atom is -0.460 e. The van der Waals surface area contributed by atoms with E-state index in [0.717, 1.165) is 11.1 Å². The molecule has 21 heavy (non-hydrogen) atoms. The first-order valence-corrected chi connectivity index (χ1v) is 7.13. The summed E-state index contributed by atoms with van der Waals surface area (Å²) in [6.07, 6.45) is 0.434. The number of rotatable bonds is 3. The maximum atomic E-state index is 11.2. The van der Waals surface area contributed by atoms with E-state index in [9.17, 15) is 4.79 Å². The van der Waals surface area contributed by atoms with Gasteiger partial charge in [0, 0.05) is 13.3 Å². The number of hydrogen-bond donors (Lipinski definition) is 0. The lowest BCUT2D eigenvalue weighted by molar-refractivity contribution is -0.146. The predicted molar refractivity (Wildman–Crippen MR) is 79.8 cm³/mol. The van der Waals surface area contributed by atoms with Crippen LogP contribution >= 0.6 is 0 Å². The van der Waals surface area contributed by atoms with Crippen molar-refractivity contribution in [2.75, 3.05) is 6.61 Å². The van der Waals surface area contributed by atoms with Gasteiger partial charge in [-0.1, -0.05) is 60.7 Å². The summed E-state index contributed by atoms with van der Waals surface area (Å²) in [4.78, 5) is 11.2. The van der Waals surface area contributed by atoms with E-state index in [1.54, 1.807) is 0 Å². The minimum absolute atomic E-state index is 0.206. The van der Waals surface area contributed by atoms with Crippen molar-refractivity contribution in [3.05, 3.63) is 71.8 Å². The summed E-state index contributed by atoms with van der Waals surface area (Å²) in [5.74, 6) is -0.263. The molecule has 0 saturated carbocycles. The van der Waals surface area contributed by atoms with E-state index in [1.165, 1.54) is 6.92 Å². The Morgan fingerprint density at radius 1 is 1.05 bits per heavy atom. The maximum absolute atomic E-state index is 11.2. The topological polar surface area (TPSA) is 35.5 Å². The van der Waals surface area contributed by atoms with Crippen LogP contribution in [0.3, 0.4) is 0 Å². The molecule has 1 saturated heterocycles. The third-order valence-electron chi connectivity index (χ3n) is 3.84. The van der Waals surface area contributed by atoms with Crippen molar-refractivity contribution in [1.29, 1.82) is 0 Å². The quantitative estimate of drug-likeness (QED) is 0.810. The fourth-order valence-corrected chi connectivity index (χ4v) is 2.97. The van der Waals surface area contributed by atoms with Gasteiger partial charge in [-0.05, 0) is 11.1 Å². The number of hydrogen-bond acceptors (Lipinski definition) is 3. The largest absolute Gasteiger partial charge is 0.460 e. The van der Waals surface area contributed by atoms with E-state index < -0.39 is 5.60 Å². The van der Waals surface area contributed by atoms with E-state index in [0.29, 0.717) is 13.0 Å². The van der Waals surface area contributed by atoms with Crippen LogP contribution in [0.15, 0.2) is 60.7 Å². The molecule has 1 fully saturated rings. The van der Waals surface area contributed by atoms with Crippen LogP contribution in [0.5, 0.6) is 0 Å². The first-order chi connectivity index (χ1) is 10.2. The van der Waals surface area contributed by atoms with E-state index in [-0.39, 0.29) is 12.1 Å². The zero-order valence-corrected chi connectivity index (χ0v) is 12.0. The smallest absolute Gasteiger partial charge is 0.302 e. The lowest BCUT2D eigenvalue weighted by Gasteiger charge is -2.29. The molecule has 0 amide bonds. The third kappa shape index (κ3) is 2.69. The summed E-state index contributed by atoms with van der Waals surface area (Å²) in [5.41, 5.74) is 1.64. The highest BCUT2D eigenvalue weighted by molar-refractivity contribution is 5.66. The standard InChI is InChI=1S/C18H18O3/c1-14(19)21-17-12-18(20-13-17,15-8-4-2-5-9-15)16-10-6-3-7-11-16/h2-11,17H,12-13H2,1H3. The van der Waals surface area contributed by atoms with E-state index in [1.807, 2.05) is 36.4 Å². The Morgan fingerprint density at radius 2 is 1.57 bits per heavy atom. The molecule has 3 heteroatoms. The molecule has 108 valence electrons. The fraction of sp³-hybridized carbons (Fsp3) is 0.278. The van der Waals surface area contributed by atoms with Gasteiger partial charge in [0.05, 0.1) is 6.61 Å². The molecule has 0 bridgehead atoms. The van der Waals surface area contributed by atoms with Crippen molar-refractivity contribution in [1.82, 2.24) is 0 Å². The second-order valence-electron chi connectivity index (χ2n) is 5.31. The second-order valence-corrected chi connectivity index (χ2v) is 5.31. The molecule has 0 radical (unpaired) electrons. The Labute approximate surface area is 124 Å². The molecule has 3 rings (SSSR count). The average Bonchev–Trinajstić information content (AvgIpc) is 2.93. The summed E-state index contributed by atoms with van der Waals surface area (Å²) in [5, 5.41) is 0. The summed E-state index contributed by atoms with van der Waals surface area (Å²) < 4.78 is 11.5. The van der Waals surface area contributed by atoms with E-state index in [2.05, 4.69) is 24.3 Å². The summed E-state index contributed by atoms with van der Waals surface area (Å²) in [6, 6.07) is 20.2. The molecule has 0 spiro atoms. The predicted octanol–water partition coefficient (Wildman–Crippen LogP) is 3.28.